The van der Waals surface area contributed by atoms with Crippen molar-refractivity contribution in [3.63, 3.8) is 0 Å². The average molecular weight is 325 g/mol. The maximum Gasteiger partial charge on any atom is 0.526 e. The van der Waals surface area contributed by atoms with Gasteiger partial charge in [0.05, 0.1) is 0 Å². The van der Waals surface area contributed by atoms with Gasteiger partial charge < -0.3 is 14.8 Å². The summed E-state index contributed by atoms with van der Waals surface area (Å²) in [6.45, 7) is 3.52. The van der Waals surface area contributed by atoms with Gasteiger partial charge in [0.25, 0.3) is 0 Å². The number of benzene rings is 1. The fraction of sp³-hybridized carbons (Fsp3) is 0.467. The third kappa shape index (κ3) is 3.28. The van der Waals surface area contributed by atoms with Crippen LogP contribution in [0.15, 0.2) is 6.07 Å². The van der Waals surface area contributed by atoms with Crippen LogP contribution in [0.3, 0.4) is 0 Å². The number of carboxylic acids is 1. The summed E-state index contributed by atoms with van der Waals surface area (Å²) in [5.74, 6) is -1.31. The van der Waals surface area contributed by atoms with Crippen LogP contribution in [0.25, 0.3) is 0 Å². The number of carboxylic acid groups (broad SMARTS) is 1. The maximum atomic E-state index is 11.8. The monoisotopic (exact) mass is 324 g/mol. The van der Waals surface area contributed by atoms with Crippen molar-refractivity contribution in [3.8, 4) is 5.75 Å². The van der Waals surface area contributed by atoms with Crippen LogP contribution in [-0.2, 0) is 11.2 Å². The first-order chi connectivity index (χ1) is 10.3. The molecule has 1 aromatic rings. The highest BCUT2D eigenvalue weighted by Crippen LogP contribution is 2.40. The van der Waals surface area contributed by atoms with E-state index in [1.54, 1.807) is 13.0 Å². The molecule has 7 heteroatoms. The van der Waals surface area contributed by atoms with Crippen LogP contribution in [0.1, 0.15) is 47.7 Å². The van der Waals surface area contributed by atoms with Gasteiger partial charge in [0.1, 0.15) is 17.1 Å². The highest BCUT2D eigenvalue weighted by atomic mass is 35.5. The lowest BCUT2D eigenvalue weighted by molar-refractivity contribution is -0.119. The van der Waals surface area contributed by atoms with E-state index in [0.29, 0.717) is 29.0 Å². The molecule has 0 radical (unpaired) electrons. The summed E-state index contributed by atoms with van der Waals surface area (Å²) < 4.78 is 5.42. The van der Waals surface area contributed by atoms with Crippen molar-refractivity contribution in [1.29, 1.82) is 0 Å². The first kappa shape index (κ1) is 16.8. The van der Waals surface area contributed by atoms with Crippen molar-refractivity contribution in [3.05, 3.63) is 27.8 Å². The van der Waals surface area contributed by atoms with E-state index in [0.717, 1.165) is 6.42 Å². The molecule has 22 heavy (non-hydrogen) atoms. The van der Waals surface area contributed by atoms with Gasteiger partial charge in [0.15, 0.2) is 0 Å². The molecule has 1 aromatic carbocycles. The highest BCUT2D eigenvalue weighted by Gasteiger charge is 2.38. The van der Waals surface area contributed by atoms with Crippen molar-refractivity contribution < 1.29 is 24.4 Å². The Morgan fingerprint density at radius 2 is 2.18 bits per heavy atom. The lowest BCUT2D eigenvalue weighted by Gasteiger charge is -2.29. The summed E-state index contributed by atoms with van der Waals surface area (Å²) in [4.78, 5) is 23.2. The molecule has 0 saturated heterocycles. The molecular weight excluding hydrogens is 306 g/mol. The molecule has 1 atom stereocenters. The van der Waals surface area contributed by atoms with Crippen molar-refractivity contribution in [1.82, 2.24) is 0 Å². The Labute approximate surface area is 134 Å². The molecule has 118 valence electrons. The Kier molecular flexibility index (Phi) is 5.14. The number of fused-ring (bicyclic) bond motifs is 1. The van der Waals surface area contributed by atoms with Crippen LogP contribution in [0.4, 0.5) is 0 Å². The molecule has 1 aliphatic heterocycles. The van der Waals surface area contributed by atoms with Crippen molar-refractivity contribution in [2.75, 3.05) is 0 Å². The minimum Gasteiger partial charge on any atom is -0.535 e. The number of halogens is 1. The first-order valence-electron chi connectivity index (χ1n) is 7.26. The minimum atomic E-state index is -1.19. The zero-order valence-electron chi connectivity index (χ0n) is 12.6. The second-order valence-electron chi connectivity index (χ2n) is 5.62. The maximum absolute atomic E-state index is 11.8. The number of hydrogen-bond acceptors (Lipinski definition) is 4. The van der Waals surface area contributed by atoms with Crippen molar-refractivity contribution in [2.45, 2.75) is 45.3 Å². The van der Waals surface area contributed by atoms with Gasteiger partial charge in [-0.15, -0.1) is 0 Å². The Hall–Kier alpha value is -1.53. The number of carbonyl (C=O) groups is 2. The molecule has 5 nitrogen and oxygen atoms in total. The van der Waals surface area contributed by atoms with Crippen molar-refractivity contribution >= 4 is 30.5 Å². The van der Waals surface area contributed by atoms with E-state index in [1.807, 2.05) is 6.92 Å². The van der Waals surface area contributed by atoms with Crippen LogP contribution in [-0.4, -0.2) is 29.0 Å². The molecule has 1 aliphatic rings. The van der Waals surface area contributed by atoms with Gasteiger partial charge in [-0.3, -0.25) is 4.79 Å². The predicted molar refractivity (Wildman–Crippen MR) is 83.7 cm³/mol. The summed E-state index contributed by atoms with van der Waals surface area (Å²) in [5, 5.41) is 19.8. The lowest BCUT2D eigenvalue weighted by atomic mass is 9.64. The Bertz CT molecular complexity index is 616. The summed E-state index contributed by atoms with van der Waals surface area (Å²) in [5.41, 5.74) is 0.994. The molecular formula is C15H18BClO5. The van der Waals surface area contributed by atoms with Gasteiger partial charge in [-0.1, -0.05) is 18.5 Å². The fourth-order valence-corrected chi connectivity index (χ4v) is 2.99. The second-order valence-corrected chi connectivity index (χ2v) is 6.02. The van der Waals surface area contributed by atoms with Gasteiger partial charge in [-0.05, 0) is 37.0 Å². The highest BCUT2D eigenvalue weighted by molar-refractivity contribution is 6.47. The molecule has 2 N–H and O–H groups in total. The molecule has 0 bridgehead atoms. The zero-order chi connectivity index (χ0) is 16.4. The van der Waals surface area contributed by atoms with E-state index in [2.05, 4.69) is 0 Å². The molecule has 2 rings (SSSR count). The molecule has 0 aromatic heterocycles. The van der Waals surface area contributed by atoms with Crippen LogP contribution in [0, 0.1) is 6.92 Å². The van der Waals surface area contributed by atoms with Gasteiger partial charge in [0, 0.05) is 23.7 Å². The van der Waals surface area contributed by atoms with E-state index >= 15 is 0 Å². The number of Topliss-reactive ketones (excluding diaryl/α,β-unsaturated/α-hetero) is 1. The molecule has 0 spiro atoms. The normalized spacial score (nSPS) is 16.9. The van der Waals surface area contributed by atoms with Crippen LogP contribution in [0.2, 0.25) is 10.8 Å². The van der Waals surface area contributed by atoms with E-state index in [-0.39, 0.29) is 29.3 Å². The largest absolute Gasteiger partial charge is 0.535 e. The average Bonchev–Trinajstić information content (AvgIpc) is 2.42. The third-order valence-corrected chi connectivity index (χ3v) is 4.30. The molecule has 0 saturated carbocycles. The van der Waals surface area contributed by atoms with E-state index in [9.17, 15) is 19.7 Å². The summed E-state index contributed by atoms with van der Waals surface area (Å²) in [6, 6.07) is 1.65. The summed E-state index contributed by atoms with van der Waals surface area (Å²) in [6.07, 6.45) is 1.80. The number of aromatic carboxylic acids is 1. The van der Waals surface area contributed by atoms with Gasteiger partial charge in [-0.2, -0.15) is 0 Å². The minimum absolute atomic E-state index is 0.0279. The second kappa shape index (κ2) is 6.71. The predicted octanol–water partition coefficient (Wildman–Crippen LogP) is 2.89. The number of ketones is 1. The standard InChI is InChI=1S/C15H18BClO5/c1-3-4-11(18)7-10-5-9-6-12(17)8(2)13(15(19)20)14(9)22-16(10)21/h6,10,21H,3-5,7H2,1-2H3,(H,19,20)/t10-/m1/s1. The van der Waals surface area contributed by atoms with Crippen molar-refractivity contribution in [2.24, 2.45) is 0 Å². The quantitative estimate of drug-likeness (QED) is 0.814. The Balaban J connectivity index is 2.34. The Morgan fingerprint density at radius 1 is 1.50 bits per heavy atom. The van der Waals surface area contributed by atoms with Gasteiger partial charge >= 0.3 is 13.1 Å². The fourth-order valence-electron chi connectivity index (χ4n) is 2.77. The van der Waals surface area contributed by atoms with E-state index < -0.39 is 13.1 Å². The van der Waals surface area contributed by atoms with Crippen LogP contribution in [0.5, 0.6) is 5.75 Å². The topological polar surface area (TPSA) is 83.8 Å². The first-order valence-corrected chi connectivity index (χ1v) is 7.64. The lowest BCUT2D eigenvalue weighted by Crippen LogP contribution is -2.36. The molecule has 0 amide bonds. The van der Waals surface area contributed by atoms with Crippen LogP contribution >= 0.6 is 11.6 Å². The summed E-state index contributed by atoms with van der Waals surface area (Å²) >= 11 is 6.09. The third-order valence-electron chi connectivity index (χ3n) is 3.91. The van der Waals surface area contributed by atoms with Crippen LogP contribution < -0.4 is 4.65 Å². The number of carbonyl (C=O) groups excluding carboxylic acids is 1. The number of hydrogen-bond donors (Lipinski definition) is 2. The Morgan fingerprint density at radius 3 is 2.77 bits per heavy atom. The molecule has 0 fully saturated rings. The number of rotatable bonds is 5. The summed E-state index contributed by atoms with van der Waals surface area (Å²) in [7, 11) is -1.19. The molecule has 0 aliphatic carbocycles. The van der Waals surface area contributed by atoms with E-state index in [4.69, 9.17) is 16.3 Å². The molecule has 0 unspecified atom stereocenters. The van der Waals surface area contributed by atoms with E-state index in [1.165, 1.54) is 0 Å². The van der Waals surface area contributed by atoms with Gasteiger partial charge in [-0.25, -0.2) is 4.79 Å². The molecule has 1 heterocycles. The smallest absolute Gasteiger partial charge is 0.526 e. The van der Waals surface area contributed by atoms with Gasteiger partial charge in [0.2, 0.25) is 0 Å². The zero-order valence-corrected chi connectivity index (χ0v) is 13.3. The SMILES string of the molecule is CCCC(=O)C[C@H]1Cc2cc(Cl)c(C)c(C(=O)O)c2OB1O.